The Hall–Kier alpha value is -3.27. The van der Waals surface area contributed by atoms with Crippen molar-refractivity contribution in [2.24, 2.45) is 4.99 Å². The van der Waals surface area contributed by atoms with E-state index >= 15 is 0 Å². The van der Waals surface area contributed by atoms with Gasteiger partial charge < -0.3 is 14.2 Å². The van der Waals surface area contributed by atoms with Crippen molar-refractivity contribution in [2.45, 2.75) is 11.5 Å². The minimum Gasteiger partial charge on any atom is -0.493 e. The lowest BCUT2D eigenvalue weighted by molar-refractivity contribution is 0.0730. The molecule has 1 fully saturated rings. The lowest BCUT2D eigenvalue weighted by atomic mass is 10.2. The molecule has 1 heterocycles. The molecule has 7 nitrogen and oxygen atoms in total. The van der Waals surface area contributed by atoms with Crippen molar-refractivity contribution in [2.75, 3.05) is 33.4 Å². The highest BCUT2D eigenvalue weighted by atomic mass is 32.2. The van der Waals surface area contributed by atoms with Crippen LogP contribution in [0.5, 0.6) is 11.5 Å². The van der Waals surface area contributed by atoms with E-state index < -0.39 is 10.0 Å². The molecule has 0 aromatic heterocycles. The molecule has 1 aliphatic heterocycles. The molecule has 0 saturated carbocycles. The second-order valence-corrected chi connectivity index (χ2v) is 9.53. The van der Waals surface area contributed by atoms with Crippen molar-refractivity contribution in [3.05, 3.63) is 83.7 Å². The first-order chi connectivity index (χ1) is 16.5. The summed E-state index contributed by atoms with van der Waals surface area (Å²) >= 11 is 0. The highest BCUT2D eigenvalue weighted by molar-refractivity contribution is 7.89. The number of nitrogens with zero attached hydrogens (tertiary/aromatic N) is 2. The number of morpholine rings is 1. The summed E-state index contributed by atoms with van der Waals surface area (Å²) in [5.41, 5.74) is 2.25. The molecule has 0 bridgehead atoms. The van der Waals surface area contributed by atoms with Gasteiger partial charge in [-0.25, -0.2) is 12.8 Å². The largest absolute Gasteiger partial charge is 0.493 e. The van der Waals surface area contributed by atoms with E-state index in [0.29, 0.717) is 43.5 Å². The number of methoxy groups -OCH3 is 1. The van der Waals surface area contributed by atoms with Gasteiger partial charge in [-0.3, -0.25) is 4.99 Å². The summed E-state index contributed by atoms with van der Waals surface area (Å²) in [6, 6.07) is 18.0. The van der Waals surface area contributed by atoms with Gasteiger partial charge in [0.1, 0.15) is 12.4 Å². The molecular formula is C25H25FN2O5S. The number of sulfonamides is 1. The second-order valence-electron chi connectivity index (χ2n) is 7.59. The van der Waals surface area contributed by atoms with Crippen LogP contribution in [0.4, 0.5) is 10.1 Å². The van der Waals surface area contributed by atoms with Gasteiger partial charge in [0.05, 0.1) is 30.9 Å². The first kappa shape index (κ1) is 23.9. The Kier molecular flexibility index (Phi) is 7.56. The summed E-state index contributed by atoms with van der Waals surface area (Å²) in [7, 11) is -1.98. The Morgan fingerprint density at radius 1 is 1.00 bits per heavy atom. The van der Waals surface area contributed by atoms with Crippen LogP contribution in [0, 0.1) is 5.82 Å². The van der Waals surface area contributed by atoms with E-state index in [9.17, 15) is 12.8 Å². The number of aliphatic imine (C=N–C) groups is 1. The molecule has 4 rings (SSSR count). The Morgan fingerprint density at radius 2 is 1.71 bits per heavy atom. The number of hydrogen-bond acceptors (Lipinski definition) is 6. The second kappa shape index (κ2) is 10.8. The van der Waals surface area contributed by atoms with Crippen LogP contribution < -0.4 is 9.47 Å². The van der Waals surface area contributed by atoms with E-state index in [2.05, 4.69) is 4.99 Å². The van der Waals surface area contributed by atoms with Crippen molar-refractivity contribution in [3.8, 4) is 11.5 Å². The van der Waals surface area contributed by atoms with E-state index in [4.69, 9.17) is 14.2 Å². The predicted molar refractivity (Wildman–Crippen MR) is 127 cm³/mol. The highest BCUT2D eigenvalue weighted by Gasteiger charge is 2.26. The van der Waals surface area contributed by atoms with Gasteiger partial charge in [0.25, 0.3) is 0 Å². The monoisotopic (exact) mass is 484 g/mol. The van der Waals surface area contributed by atoms with E-state index in [1.165, 1.54) is 16.4 Å². The van der Waals surface area contributed by atoms with Gasteiger partial charge in [-0.15, -0.1) is 0 Å². The van der Waals surface area contributed by atoms with Crippen LogP contribution in [0.3, 0.4) is 0 Å². The van der Waals surface area contributed by atoms with Crippen molar-refractivity contribution >= 4 is 21.9 Å². The van der Waals surface area contributed by atoms with E-state index in [1.54, 1.807) is 61.9 Å². The fourth-order valence-corrected chi connectivity index (χ4v) is 4.82. The average Bonchev–Trinajstić information content (AvgIpc) is 2.88. The molecule has 0 aliphatic carbocycles. The predicted octanol–water partition coefficient (Wildman–Crippen LogP) is 4.18. The van der Waals surface area contributed by atoms with Crippen LogP contribution in [-0.4, -0.2) is 52.4 Å². The van der Waals surface area contributed by atoms with Crippen molar-refractivity contribution in [1.82, 2.24) is 4.31 Å². The van der Waals surface area contributed by atoms with Gasteiger partial charge in [0, 0.05) is 19.3 Å². The van der Waals surface area contributed by atoms with Crippen LogP contribution in [0.15, 0.2) is 76.6 Å². The Balaban J connectivity index is 1.42. The van der Waals surface area contributed by atoms with E-state index in [0.717, 1.165) is 11.1 Å². The summed E-state index contributed by atoms with van der Waals surface area (Å²) in [6.45, 7) is 1.80. The fraction of sp³-hybridized carbons (Fsp3) is 0.240. The Morgan fingerprint density at radius 3 is 2.38 bits per heavy atom. The lowest BCUT2D eigenvalue weighted by Gasteiger charge is -2.26. The topological polar surface area (TPSA) is 77.4 Å². The number of benzene rings is 3. The first-order valence-corrected chi connectivity index (χ1v) is 12.2. The van der Waals surface area contributed by atoms with E-state index in [1.807, 2.05) is 6.07 Å². The van der Waals surface area contributed by atoms with Crippen LogP contribution in [0.1, 0.15) is 11.1 Å². The normalized spacial score (nSPS) is 14.9. The SMILES string of the molecule is COc1cc(C=Nc2ccc(S(=O)(=O)N3CCOCC3)cc2)ccc1OCc1ccc(F)cc1. The number of halogens is 1. The third-order valence-corrected chi connectivity index (χ3v) is 7.22. The zero-order valence-electron chi connectivity index (χ0n) is 18.7. The molecule has 3 aromatic rings. The van der Waals surface area contributed by atoms with Crippen LogP contribution in [0.25, 0.3) is 0 Å². The summed E-state index contributed by atoms with van der Waals surface area (Å²) < 4.78 is 56.4. The molecule has 0 unspecified atom stereocenters. The van der Waals surface area contributed by atoms with Gasteiger partial charge in [0.15, 0.2) is 11.5 Å². The Bertz CT molecular complexity index is 1240. The molecular weight excluding hydrogens is 459 g/mol. The standard InChI is InChI=1S/C25H25FN2O5S/c1-31-25-16-20(4-11-24(25)33-18-19-2-5-21(26)6-3-19)17-27-22-7-9-23(10-8-22)34(29,30)28-12-14-32-15-13-28/h2-11,16-17H,12-15,18H2,1H3. The van der Waals surface area contributed by atoms with Gasteiger partial charge in [-0.05, 0) is 65.7 Å². The molecule has 1 aliphatic rings. The van der Waals surface area contributed by atoms with E-state index in [-0.39, 0.29) is 17.3 Å². The minimum atomic E-state index is -3.53. The summed E-state index contributed by atoms with van der Waals surface area (Å²) in [4.78, 5) is 4.67. The fourth-order valence-electron chi connectivity index (χ4n) is 3.41. The molecule has 9 heteroatoms. The third kappa shape index (κ3) is 5.80. The quantitative estimate of drug-likeness (QED) is 0.448. The first-order valence-electron chi connectivity index (χ1n) is 10.7. The molecule has 3 aromatic carbocycles. The maximum Gasteiger partial charge on any atom is 0.243 e. The minimum absolute atomic E-state index is 0.234. The highest BCUT2D eigenvalue weighted by Crippen LogP contribution is 2.29. The third-order valence-electron chi connectivity index (χ3n) is 5.30. The molecule has 34 heavy (non-hydrogen) atoms. The number of rotatable bonds is 8. The maximum absolute atomic E-state index is 13.1. The van der Waals surface area contributed by atoms with Crippen molar-refractivity contribution in [1.29, 1.82) is 0 Å². The zero-order valence-corrected chi connectivity index (χ0v) is 19.5. The van der Waals surface area contributed by atoms with Crippen molar-refractivity contribution in [3.63, 3.8) is 0 Å². The van der Waals surface area contributed by atoms with Gasteiger partial charge in [-0.1, -0.05) is 12.1 Å². The molecule has 1 saturated heterocycles. The molecule has 0 amide bonds. The Labute approximate surface area is 198 Å². The molecule has 0 radical (unpaired) electrons. The molecule has 178 valence electrons. The number of hydrogen-bond donors (Lipinski definition) is 0. The number of ether oxygens (including phenoxy) is 3. The van der Waals surface area contributed by atoms with Crippen LogP contribution >= 0.6 is 0 Å². The molecule has 0 N–H and O–H groups in total. The summed E-state index contributed by atoms with van der Waals surface area (Å²) in [5, 5.41) is 0. The maximum atomic E-state index is 13.1. The van der Waals surface area contributed by atoms with Crippen LogP contribution in [0.2, 0.25) is 0 Å². The van der Waals surface area contributed by atoms with Gasteiger partial charge in [0.2, 0.25) is 10.0 Å². The molecule has 0 spiro atoms. The summed E-state index contributed by atoms with van der Waals surface area (Å²) in [6.07, 6.45) is 1.66. The van der Waals surface area contributed by atoms with Crippen molar-refractivity contribution < 1.29 is 27.0 Å². The zero-order chi connectivity index (χ0) is 24.0. The van der Waals surface area contributed by atoms with Gasteiger partial charge >= 0.3 is 0 Å². The summed E-state index contributed by atoms with van der Waals surface area (Å²) in [5.74, 6) is 0.804. The van der Waals surface area contributed by atoms with Gasteiger partial charge in [-0.2, -0.15) is 4.31 Å². The van der Waals surface area contributed by atoms with Crippen LogP contribution in [-0.2, 0) is 21.4 Å². The molecule has 0 atom stereocenters. The average molecular weight is 485 g/mol. The smallest absolute Gasteiger partial charge is 0.243 e. The lowest BCUT2D eigenvalue weighted by Crippen LogP contribution is -2.40.